The van der Waals surface area contributed by atoms with Crippen LogP contribution in [0.3, 0.4) is 0 Å². The van der Waals surface area contributed by atoms with Crippen molar-refractivity contribution in [1.82, 2.24) is 15.0 Å². The number of hydrogen-bond acceptors (Lipinski definition) is 8. The fraction of sp³-hybridized carbons (Fsp3) is 0.182. The smallest absolute Gasteiger partial charge is 0.207 e. The normalized spacial score (nSPS) is 10.7. The molecule has 1 heterocycles. The Hall–Kier alpha value is -0.410. The van der Waals surface area contributed by atoms with Gasteiger partial charge in [-0.3, -0.25) is 5.14 Å². The molecule has 0 bridgehead atoms. The number of benzene rings is 1. The van der Waals surface area contributed by atoms with Crippen molar-refractivity contribution in [3.8, 4) is 0 Å². The highest BCUT2D eigenvalue weighted by Crippen LogP contribution is 2.32. The third-order valence-electron chi connectivity index (χ3n) is 2.26. The molecule has 0 spiro atoms. The van der Waals surface area contributed by atoms with Crippen molar-refractivity contribution in [2.24, 2.45) is 5.14 Å². The summed E-state index contributed by atoms with van der Waals surface area (Å²) in [6, 6.07) is 6.01. The molecule has 2 rings (SSSR count). The molecule has 0 fully saturated rings. The van der Waals surface area contributed by atoms with Crippen molar-refractivity contribution >= 4 is 48.1 Å². The van der Waals surface area contributed by atoms with E-state index in [9.17, 15) is 0 Å². The van der Waals surface area contributed by atoms with Crippen LogP contribution in [-0.4, -0.2) is 21.2 Å². The van der Waals surface area contributed by atoms with E-state index in [-0.39, 0.29) is 0 Å². The highest BCUT2D eigenvalue weighted by molar-refractivity contribution is 8.00. The van der Waals surface area contributed by atoms with Gasteiger partial charge >= 0.3 is 0 Å². The maximum Gasteiger partial charge on any atom is 0.207 e. The highest BCUT2D eigenvalue weighted by atomic mass is 32.2. The summed E-state index contributed by atoms with van der Waals surface area (Å²) >= 11 is 8.47. The zero-order valence-corrected chi connectivity index (χ0v) is 13.7. The quantitative estimate of drug-likeness (QED) is 0.507. The second-order valence-corrected chi connectivity index (χ2v) is 6.36. The number of thioether (sulfide) groups is 1. The molecule has 0 saturated carbocycles. The molecule has 0 radical (unpaired) electrons. The Labute approximate surface area is 130 Å². The Morgan fingerprint density at radius 3 is 2.47 bits per heavy atom. The summed E-state index contributed by atoms with van der Waals surface area (Å²) in [5.74, 6) is 0. The van der Waals surface area contributed by atoms with Crippen molar-refractivity contribution in [3.63, 3.8) is 0 Å². The number of nitrogens with zero attached hydrogens (tertiary/aromatic N) is 3. The number of thiol groups is 1. The maximum absolute atomic E-state index is 5.52. The minimum absolute atomic E-state index is 0.523. The van der Waals surface area contributed by atoms with Crippen LogP contribution in [0.15, 0.2) is 43.5 Å². The Bertz CT molecular complexity index is 569. The van der Waals surface area contributed by atoms with Gasteiger partial charge in [0.15, 0.2) is 10.3 Å². The first-order chi connectivity index (χ1) is 9.13. The molecular formula is C11H12N4S4. The van der Waals surface area contributed by atoms with Crippen LogP contribution >= 0.6 is 48.1 Å². The lowest BCUT2D eigenvalue weighted by atomic mass is 10.2. The van der Waals surface area contributed by atoms with Crippen LogP contribution in [0.2, 0.25) is 0 Å². The summed E-state index contributed by atoms with van der Waals surface area (Å²) < 4.78 is 0. The largest absolute Gasteiger partial charge is 0.271 e. The van der Waals surface area contributed by atoms with E-state index in [1.165, 1.54) is 23.5 Å². The van der Waals surface area contributed by atoms with Gasteiger partial charge in [-0.25, -0.2) is 0 Å². The molecule has 0 saturated heterocycles. The fourth-order valence-corrected chi connectivity index (χ4v) is 3.28. The average Bonchev–Trinajstić information content (AvgIpc) is 2.43. The lowest BCUT2D eigenvalue weighted by Crippen LogP contribution is -1.98. The third kappa shape index (κ3) is 3.79. The van der Waals surface area contributed by atoms with Gasteiger partial charge in [0.05, 0.1) is 0 Å². The molecule has 8 heteroatoms. The number of hydrogen-bond donors (Lipinski definition) is 2. The minimum atomic E-state index is 0.523. The van der Waals surface area contributed by atoms with Crippen LogP contribution in [-0.2, 0) is 0 Å². The second-order valence-electron chi connectivity index (χ2n) is 3.53. The first-order valence-electron chi connectivity index (χ1n) is 5.27. The van der Waals surface area contributed by atoms with Crippen LogP contribution in [0.25, 0.3) is 0 Å². The lowest BCUT2D eigenvalue weighted by molar-refractivity contribution is 0.718. The van der Waals surface area contributed by atoms with Crippen molar-refractivity contribution in [2.45, 2.75) is 32.2 Å². The topological polar surface area (TPSA) is 64.7 Å². The molecule has 100 valence electrons. The van der Waals surface area contributed by atoms with Gasteiger partial charge in [-0.1, -0.05) is 23.9 Å². The van der Waals surface area contributed by atoms with E-state index in [1.807, 2.05) is 31.4 Å². The van der Waals surface area contributed by atoms with Crippen LogP contribution < -0.4 is 5.14 Å². The zero-order chi connectivity index (χ0) is 13.8. The van der Waals surface area contributed by atoms with Gasteiger partial charge < -0.3 is 0 Å². The Kier molecular flexibility index (Phi) is 5.40. The summed E-state index contributed by atoms with van der Waals surface area (Å²) in [7, 11) is 0. The molecule has 0 atom stereocenters. The summed E-state index contributed by atoms with van der Waals surface area (Å²) in [4.78, 5) is 14.8. The van der Waals surface area contributed by atoms with E-state index in [4.69, 9.17) is 5.14 Å². The van der Waals surface area contributed by atoms with Crippen molar-refractivity contribution < 1.29 is 0 Å². The molecule has 0 amide bonds. The van der Waals surface area contributed by atoms with Gasteiger partial charge in [0.2, 0.25) is 5.16 Å². The van der Waals surface area contributed by atoms with Gasteiger partial charge in [-0.2, -0.15) is 15.0 Å². The van der Waals surface area contributed by atoms with Crippen LogP contribution in [0.1, 0.15) is 5.56 Å². The summed E-state index contributed by atoms with van der Waals surface area (Å²) in [5, 5.41) is 7.34. The number of aromatic nitrogens is 3. The molecule has 0 unspecified atom stereocenters. The first kappa shape index (κ1) is 15.0. The van der Waals surface area contributed by atoms with E-state index in [0.717, 1.165) is 27.3 Å². The summed E-state index contributed by atoms with van der Waals surface area (Å²) in [5.41, 5.74) is 1.13. The van der Waals surface area contributed by atoms with E-state index >= 15 is 0 Å². The van der Waals surface area contributed by atoms with Gasteiger partial charge in [0.1, 0.15) is 0 Å². The maximum atomic E-state index is 5.52. The van der Waals surface area contributed by atoms with Crippen molar-refractivity contribution in [2.75, 3.05) is 6.26 Å². The Morgan fingerprint density at radius 2 is 1.79 bits per heavy atom. The molecule has 0 aliphatic carbocycles. The average molecular weight is 329 g/mol. The molecule has 19 heavy (non-hydrogen) atoms. The number of aryl methyl sites for hydroxylation is 1. The molecule has 2 aromatic rings. The van der Waals surface area contributed by atoms with E-state index in [0.29, 0.717) is 15.5 Å². The highest BCUT2D eigenvalue weighted by Gasteiger charge is 2.10. The van der Waals surface area contributed by atoms with E-state index in [2.05, 4.69) is 27.6 Å². The molecule has 1 aromatic heterocycles. The van der Waals surface area contributed by atoms with Crippen molar-refractivity contribution in [3.05, 3.63) is 23.8 Å². The molecule has 0 aliphatic heterocycles. The Balaban J connectivity index is 2.34. The molecule has 4 nitrogen and oxygen atoms in total. The molecular weight excluding hydrogens is 316 g/mol. The Morgan fingerprint density at radius 1 is 1.11 bits per heavy atom. The first-order valence-corrected chi connectivity index (χ1v) is 8.64. The van der Waals surface area contributed by atoms with Gasteiger partial charge in [-0.05, 0) is 48.5 Å². The van der Waals surface area contributed by atoms with Crippen LogP contribution in [0.5, 0.6) is 0 Å². The molecule has 0 aliphatic rings. The fourth-order valence-electron chi connectivity index (χ4n) is 1.32. The minimum Gasteiger partial charge on any atom is -0.271 e. The monoisotopic (exact) mass is 328 g/mol. The van der Waals surface area contributed by atoms with Gasteiger partial charge in [0, 0.05) is 9.79 Å². The molecule has 1 aromatic carbocycles. The zero-order valence-electron chi connectivity index (χ0n) is 10.3. The standard InChI is InChI=1S/C11H12N4S4/c1-6-4-3-5-7(8(6)16)18-10-13-9(17-2)14-11(15-10)19-12/h3-5,16H,12H2,1-2H3. The predicted octanol–water partition coefficient (Wildman–Crippen LogP) is 3.31. The molecule has 2 N–H and O–H groups in total. The second kappa shape index (κ2) is 6.85. The van der Waals surface area contributed by atoms with Crippen LogP contribution in [0, 0.1) is 6.92 Å². The third-order valence-corrected chi connectivity index (χ3v) is 4.88. The van der Waals surface area contributed by atoms with E-state index < -0.39 is 0 Å². The van der Waals surface area contributed by atoms with E-state index in [1.54, 1.807) is 0 Å². The lowest BCUT2D eigenvalue weighted by Gasteiger charge is -2.07. The number of rotatable bonds is 4. The van der Waals surface area contributed by atoms with Crippen molar-refractivity contribution in [1.29, 1.82) is 0 Å². The van der Waals surface area contributed by atoms with Crippen LogP contribution in [0.4, 0.5) is 0 Å². The predicted molar refractivity (Wildman–Crippen MR) is 84.2 cm³/mol. The van der Waals surface area contributed by atoms with Gasteiger partial charge in [0.25, 0.3) is 0 Å². The SMILES string of the molecule is CSc1nc(SN)nc(Sc2cccc(C)c2S)n1. The summed E-state index contributed by atoms with van der Waals surface area (Å²) in [6.45, 7) is 2.02. The summed E-state index contributed by atoms with van der Waals surface area (Å²) in [6.07, 6.45) is 1.92. The van der Waals surface area contributed by atoms with Gasteiger partial charge in [-0.15, -0.1) is 12.6 Å². The number of nitrogens with two attached hydrogens (primary N) is 1.